The zero-order valence-corrected chi connectivity index (χ0v) is 8.86. The molecule has 1 rings (SSSR count). The first-order valence-electron chi connectivity index (χ1n) is 4.11. The van der Waals surface area contributed by atoms with E-state index in [1.807, 2.05) is 12.1 Å². The van der Waals surface area contributed by atoms with Gasteiger partial charge in [0.1, 0.15) is 12.0 Å². The molecule has 0 aliphatic rings. The maximum atomic E-state index is 11.1. The summed E-state index contributed by atoms with van der Waals surface area (Å²) in [7, 11) is 0. The summed E-state index contributed by atoms with van der Waals surface area (Å²) in [4.78, 5) is 0. The van der Waals surface area contributed by atoms with Gasteiger partial charge < -0.3 is 8.37 Å². The minimum atomic E-state index is -1.92. The van der Waals surface area contributed by atoms with Gasteiger partial charge in [-0.1, -0.05) is 18.2 Å². The van der Waals surface area contributed by atoms with Crippen LogP contribution in [0.4, 0.5) is 0 Å². The SMILES string of the molecule is C/C(C#N)=C/OS(=O)Oc1ccccc1. The molecule has 0 aliphatic carbocycles. The number of para-hydroxylation sites is 1. The van der Waals surface area contributed by atoms with Crippen molar-refractivity contribution in [3.05, 3.63) is 42.2 Å². The predicted molar refractivity (Wildman–Crippen MR) is 55.7 cm³/mol. The molecular formula is C10H9NO3S. The van der Waals surface area contributed by atoms with Crippen molar-refractivity contribution < 1.29 is 12.6 Å². The maximum absolute atomic E-state index is 11.1. The molecule has 0 radical (unpaired) electrons. The summed E-state index contributed by atoms with van der Waals surface area (Å²) >= 11 is -1.92. The van der Waals surface area contributed by atoms with Crippen LogP contribution in [0.15, 0.2) is 42.2 Å². The van der Waals surface area contributed by atoms with Gasteiger partial charge in [0, 0.05) is 0 Å². The summed E-state index contributed by atoms with van der Waals surface area (Å²) in [5.41, 5.74) is 0.319. The second-order valence-electron chi connectivity index (χ2n) is 2.61. The molecule has 78 valence electrons. The first-order chi connectivity index (χ1) is 7.22. The predicted octanol–water partition coefficient (Wildman–Crippen LogP) is 2.09. The lowest BCUT2D eigenvalue weighted by molar-refractivity contribution is 0.422. The minimum Gasteiger partial charge on any atom is -0.378 e. The molecule has 5 heteroatoms. The lowest BCUT2D eigenvalue weighted by Crippen LogP contribution is -2.01. The summed E-state index contributed by atoms with van der Waals surface area (Å²) in [5, 5.41) is 8.40. The molecule has 0 heterocycles. The molecule has 0 bridgehead atoms. The molecule has 1 aromatic carbocycles. The highest BCUT2D eigenvalue weighted by molar-refractivity contribution is 7.75. The van der Waals surface area contributed by atoms with Crippen LogP contribution in [0.2, 0.25) is 0 Å². The summed E-state index contributed by atoms with van der Waals surface area (Å²) in [6.45, 7) is 1.54. The Balaban J connectivity index is 2.48. The third-order valence-corrected chi connectivity index (χ3v) is 1.97. The van der Waals surface area contributed by atoms with Gasteiger partial charge in [-0.25, -0.2) is 0 Å². The molecule has 4 nitrogen and oxygen atoms in total. The summed E-state index contributed by atoms with van der Waals surface area (Å²) in [6, 6.07) is 10.5. The van der Waals surface area contributed by atoms with Crippen molar-refractivity contribution in [3.63, 3.8) is 0 Å². The Morgan fingerprint density at radius 2 is 2.13 bits per heavy atom. The molecule has 0 fully saturated rings. The molecule has 0 N–H and O–H groups in total. The first-order valence-corrected chi connectivity index (χ1v) is 5.11. The number of rotatable bonds is 4. The van der Waals surface area contributed by atoms with Gasteiger partial charge in [-0.3, -0.25) is 0 Å². The molecule has 0 aromatic heterocycles. The van der Waals surface area contributed by atoms with Crippen molar-refractivity contribution in [2.24, 2.45) is 0 Å². The topological polar surface area (TPSA) is 59.3 Å². The largest absolute Gasteiger partial charge is 0.417 e. The number of allylic oxidation sites excluding steroid dienone is 1. The molecule has 0 amide bonds. The van der Waals surface area contributed by atoms with Crippen LogP contribution in [0.25, 0.3) is 0 Å². The van der Waals surface area contributed by atoms with Gasteiger partial charge in [-0.15, -0.1) is 0 Å². The fraction of sp³-hybridized carbons (Fsp3) is 0.100. The summed E-state index contributed by atoms with van der Waals surface area (Å²) in [6.07, 6.45) is 1.10. The first kappa shape index (κ1) is 11.3. The van der Waals surface area contributed by atoms with E-state index in [9.17, 15) is 4.21 Å². The van der Waals surface area contributed by atoms with Crippen LogP contribution < -0.4 is 4.18 Å². The van der Waals surface area contributed by atoms with Crippen LogP contribution >= 0.6 is 0 Å². The quantitative estimate of drug-likeness (QED) is 0.579. The molecule has 0 saturated carbocycles. The fourth-order valence-electron chi connectivity index (χ4n) is 0.712. The number of benzene rings is 1. The van der Waals surface area contributed by atoms with Gasteiger partial charge in [-0.2, -0.15) is 9.47 Å². The van der Waals surface area contributed by atoms with Gasteiger partial charge in [0.25, 0.3) is 0 Å². The van der Waals surface area contributed by atoms with E-state index in [4.69, 9.17) is 9.44 Å². The van der Waals surface area contributed by atoms with Crippen LogP contribution in [0.1, 0.15) is 6.92 Å². The Morgan fingerprint density at radius 3 is 2.73 bits per heavy atom. The zero-order valence-electron chi connectivity index (χ0n) is 8.04. The second kappa shape index (κ2) is 5.83. The molecule has 1 unspecified atom stereocenters. The van der Waals surface area contributed by atoms with E-state index in [1.54, 1.807) is 31.2 Å². The van der Waals surface area contributed by atoms with E-state index >= 15 is 0 Å². The van der Waals surface area contributed by atoms with Crippen molar-refractivity contribution in [3.8, 4) is 11.8 Å². The van der Waals surface area contributed by atoms with Gasteiger partial charge in [0.2, 0.25) is 0 Å². The van der Waals surface area contributed by atoms with Crippen LogP contribution in [0, 0.1) is 11.3 Å². The van der Waals surface area contributed by atoms with Crippen molar-refractivity contribution in [1.29, 1.82) is 5.26 Å². The Morgan fingerprint density at radius 1 is 1.47 bits per heavy atom. The monoisotopic (exact) mass is 223 g/mol. The van der Waals surface area contributed by atoms with Gasteiger partial charge >= 0.3 is 11.4 Å². The van der Waals surface area contributed by atoms with E-state index in [0.29, 0.717) is 11.3 Å². The summed E-state index contributed by atoms with van der Waals surface area (Å²) in [5.74, 6) is 0.443. The van der Waals surface area contributed by atoms with Crippen molar-refractivity contribution in [2.45, 2.75) is 6.92 Å². The van der Waals surface area contributed by atoms with Crippen LogP contribution in [0.5, 0.6) is 5.75 Å². The maximum Gasteiger partial charge on any atom is 0.417 e. The smallest absolute Gasteiger partial charge is 0.378 e. The number of nitrogens with zero attached hydrogens (tertiary/aromatic N) is 1. The Labute approximate surface area is 90.6 Å². The standard InChI is InChI=1S/C10H9NO3S/c1-9(7-11)8-13-15(12)14-10-5-3-2-4-6-10/h2-6,8H,1H3/b9-8-. The lowest BCUT2D eigenvalue weighted by Gasteiger charge is -2.01. The zero-order chi connectivity index (χ0) is 11.1. The fourth-order valence-corrected chi connectivity index (χ4v) is 1.24. The third-order valence-electron chi connectivity index (χ3n) is 1.39. The second-order valence-corrected chi connectivity index (χ2v) is 3.38. The van der Waals surface area contributed by atoms with E-state index in [-0.39, 0.29) is 0 Å². The van der Waals surface area contributed by atoms with E-state index in [1.165, 1.54) is 0 Å². The molecule has 1 aromatic rings. The normalized spacial score (nSPS) is 12.7. The highest BCUT2D eigenvalue weighted by Gasteiger charge is 2.01. The third kappa shape index (κ3) is 4.29. The summed E-state index contributed by atoms with van der Waals surface area (Å²) < 4.78 is 20.7. The van der Waals surface area contributed by atoms with Gasteiger partial charge in [0.15, 0.2) is 0 Å². The average molecular weight is 223 g/mol. The highest BCUT2D eigenvalue weighted by Crippen LogP contribution is 2.10. The highest BCUT2D eigenvalue weighted by atomic mass is 32.2. The van der Waals surface area contributed by atoms with Crippen molar-refractivity contribution >= 4 is 11.4 Å². The van der Waals surface area contributed by atoms with Crippen molar-refractivity contribution in [1.82, 2.24) is 0 Å². The minimum absolute atomic E-state index is 0.319. The molecule has 15 heavy (non-hydrogen) atoms. The molecule has 0 aliphatic heterocycles. The Kier molecular flexibility index (Phi) is 4.38. The van der Waals surface area contributed by atoms with E-state index in [0.717, 1.165) is 6.26 Å². The van der Waals surface area contributed by atoms with Crippen molar-refractivity contribution in [2.75, 3.05) is 0 Å². The molecule has 0 spiro atoms. The van der Waals surface area contributed by atoms with E-state index in [2.05, 4.69) is 4.18 Å². The molecular weight excluding hydrogens is 214 g/mol. The average Bonchev–Trinajstić information content (AvgIpc) is 2.27. The number of hydrogen-bond donors (Lipinski definition) is 0. The lowest BCUT2D eigenvalue weighted by atomic mass is 10.3. The van der Waals surface area contributed by atoms with E-state index < -0.39 is 11.4 Å². The number of nitriles is 1. The Hall–Kier alpha value is -1.80. The van der Waals surface area contributed by atoms with Crippen LogP contribution in [-0.4, -0.2) is 4.21 Å². The molecule has 1 atom stereocenters. The molecule has 0 saturated heterocycles. The van der Waals surface area contributed by atoms with Crippen LogP contribution in [-0.2, 0) is 15.5 Å². The van der Waals surface area contributed by atoms with Gasteiger partial charge in [0.05, 0.1) is 11.6 Å². The number of hydrogen-bond acceptors (Lipinski definition) is 4. The van der Waals surface area contributed by atoms with Gasteiger partial charge in [-0.05, 0) is 19.1 Å². The Bertz CT molecular complexity index is 408. The van der Waals surface area contributed by atoms with Crippen LogP contribution in [0.3, 0.4) is 0 Å².